The highest BCUT2D eigenvalue weighted by atomic mass is 19.4. The molecular formula is C22H21F6NO2. The minimum Gasteiger partial charge on any atom is -0.373 e. The Balaban J connectivity index is 1.84. The average molecular weight is 445 g/mol. The standard InChI is InChI=1S/C22H21F6NO2/c1-14(30)29-8-7-20(19(12-29)16-5-3-2-4-6-16)31-13-15-9-17(21(23,24)25)11-18(10-15)22(26,27)28/h2-6,9-11,19-20H,7-8,12-13H2,1H3. The normalized spacial score (nSPS) is 20.0. The van der Waals surface area contributed by atoms with E-state index in [4.69, 9.17) is 4.74 Å². The Morgan fingerprint density at radius 1 is 1.00 bits per heavy atom. The number of alkyl halides is 6. The van der Waals surface area contributed by atoms with Crippen LogP contribution in [-0.4, -0.2) is 30.0 Å². The zero-order valence-corrected chi connectivity index (χ0v) is 16.6. The van der Waals surface area contributed by atoms with Gasteiger partial charge in [0.2, 0.25) is 5.91 Å². The van der Waals surface area contributed by atoms with E-state index >= 15 is 0 Å². The fraction of sp³-hybridized carbons (Fsp3) is 0.409. The summed E-state index contributed by atoms with van der Waals surface area (Å²) in [6.07, 6.45) is -9.85. The van der Waals surface area contributed by atoms with Gasteiger partial charge in [0, 0.05) is 25.9 Å². The van der Waals surface area contributed by atoms with Crippen LogP contribution in [0.25, 0.3) is 0 Å². The molecule has 1 aliphatic heterocycles. The number of hydrogen-bond acceptors (Lipinski definition) is 2. The summed E-state index contributed by atoms with van der Waals surface area (Å²) < 4.78 is 84.4. The Morgan fingerprint density at radius 2 is 1.58 bits per heavy atom. The number of likely N-dealkylation sites (tertiary alicyclic amines) is 1. The van der Waals surface area contributed by atoms with Crippen molar-refractivity contribution in [2.45, 2.75) is 44.3 Å². The van der Waals surface area contributed by atoms with Gasteiger partial charge in [0.25, 0.3) is 0 Å². The quantitative estimate of drug-likeness (QED) is 0.570. The lowest BCUT2D eigenvalue weighted by molar-refractivity contribution is -0.143. The molecule has 1 saturated heterocycles. The highest BCUT2D eigenvalue weighted by Crippen LogP contribution is 2.37. The van der Waals surface area contributed by atoms with Crippen LogP contribution in [0, 0.1) is 0 Å². The number of amides is 1. The Labute approximate surface area is 175 Å². The number of rotatable bonds is 4. The van der Waals surface area contributed by atoms with Crippen molar-refractivity contribution in [1.82, 2.24) is 4.90 Å². The first-order chi connectivity index (χ1) is 14.4. The van der Waals surface area contributed by atoms with E-state index in [0.717, 1.165) is 5.56 Å². The smallest absolute Gasteiger partial charge is 0.373 e. The first kappa shape index (κ1) is 23.1. The average Bonchev–Trinajstić information content (AvgIpc) is 2.71. The topological polar surface area (TPSA) is 29.5 Å². The molecule has 0 spiro atoms. The number of benzene rings is 2. The van der Waals surface area contributed by atoms with E-state index in [1.165, 1.54) is 6.92 Å². The Bertz CT molecular complexity index is 878. The number of ether oxygens (including phenoxy) is 1. The summed E-state index contributed by atoms with van der Waals surface area (Å²) in [5, 5.41) is 0. The number of carbonyl (C=O) groups excluding carboxylic acids is 1. The molecule has 31 heavy (non-hydrogen) atoms. The minimum atomic E-state index is -4.91. The van der Waals surface area contributed by atoms with Crippen molar-refractivity contribution in [3.05, 3.63) is 70.8 Å². The second-order valence-electron chi connectivity index (χ2n) is 7.53. The fourth-order valence-electron chi connectivity index (χ4n) is 3.74. The number of carbonyl (C=O) groups is 1. The minimum absolute atomic E-state index is 0.0988. The fourth-order valence-corrected chi connectivity index (χ4v) is 3.74. The molecule has 1 aliphatic rings. The van der Waals surface area contributed by atoms with Gasteiger partial charge in [-0.05, 0) is 35.7 Å². The van der Waals surface area contributed by atoms with Gasteiger partial charge in [-0.15, -0.1) is 0 Å². The molecule has 0 saturated carbocycles. The molecule has 0 radical (unpaired) electrons. The molecule has 0 aliphatic carbocycles. The third-order valence-electron chi connectivity index (χ3n) is 5.33. The van der Waals surface area contributed by atoms with Crippen molar-refractivity contribution in [3.63, 3.8) is 0 Å². The van der Waals surface area contributed by atoms with E-state index in [9.17, 15) is 31.1 Å². The number of piperidine rings is 1. The van der Waals surface area contributed by atoms with Crippen LogP contribution in [0.4, 0.5) is 26.3 Å². The summed E-state index contributed by atoms with van der Waals surface area (Å²) in [6, 6.07) is 10.6. The van der Waals surface area contributed by atoms with Crippen LogP contribution in [0.3, 0.4) is 0 Å². The van der Waals surface area contributed by atoms with Gasteiger partial charge in [-0.1, -0.05) is 30.3 Å². The van der Waals surface area contributed by atoms with Crippen LogP contribution in [-0.2, 0) is 28.5 Å². The zero-order chi connectivity index (χ0) is 22.8. The maximum absolute atomic E-state index is 13.1. The van der Waals surface area contributed by atoms with E-state index in [1.807, 2.05) is 30.3 Å². The van der Waals surface area contributed by atoms with Crippen LogP contribution in [0.2, 0.25) is 0 Å². The molecule has 3 nitrogen and oxygen atoms in total. The molecule has 2 atom stereocenters. The van der Waals surface area contributed by atoms with Crippen LogP contribution in [0.5, 0.6) is 0 Å². The SMILES string of the molecule is CC(=O)N1CCC(OCc2cc(C(F)(F)F)cc(C(F)(F)F)c2)C(c2ccccc2)C1. The Hall–Kier alpha value is -2.55. The summed E-state index contributed by atoms with van der Waals surface area (Å²) in [7, 11) is 0. The second-order valence-corrected chi connectivity index (χ2v) is 7.53. The van der Waals surface area contributed by atoms with Crippen LogP contribution in [0.15, 0.2) is 48.5 Å². The summed E-state index contributed by atoms with van der Waals surface area (Å²) in [5.41, 5.74) is -2.06. The Kier molecular flexibility index (Phi) is 6.64. The van der Waals surface area contributed by atoms with Crippen molar-refractivity contribution >= 4 is 5.91 Å². The van der Waals surface area contributed by atoms with Gasteiger partial charge < -0.3 is 9.64 Å². The number of halogens is 6. The lowest BCUT2D eigenvalue weighted by Crippen LogP contribution is -2.44. The highest BCUT2D eigenvalue weighted by Gasteiger charge is 2.37. The van der Waals surface area contributed by atoms with Gasteiger partial charge in [0.1, 0.15) is 0 Å². The van der Waals surface area contributed by atoms with Gasteiger partial charge in [0.05, 0.1) is 23.8 Å². The third kappa shape index (κ3) is 5.78. The molecule has 1 fully saturated rings. The van der Waals surface area contributed by atoms with E-state index in [-0.39, 0.29) is 23.5 Å². The lowest BCUT2D eigenvalue weighted by Gasteiger charge is -2.38. The van der Waals surface area contributed by atoms with Gasteiger partial charge >= 0.3 is 12.4 Å². The molecule has 0 N–H and O–H groups in total. The number of nitrogens with zero attached hydrogens (tertiary/aromatic N) is 1. The largest absolute Gasteiger partial charge is 0.416 e. The first-order valence-corrected chi connectivity index (χ1v) is 9.65. The Morgan fingerprint density at radius 3 is 2.10 bits per heavy atom. The molecule has 2 unspecified atom stereocenters. The molecular weight excluding hydrogens is 424 g/mol. The second kappa shape index (κ2) is 8.90. The van der Waals surface area contributed by atoms with Crippen molar-refractivity contribution in [1.29, 1.82) is 0 Å². The van der Waals surface area contributed by atoms with Gasteiger partial charge in [-0.2, -0.15) is 26.3 Å². The molecule has 2 aromatic carbocycles. The molecule has 3 rings (SSSR count). The maximum Gasteiger partial charge on any atom is 0.416 e. The molecule has 168 valence electrons. The van der Waals surface area contributed by atoms with E-state index in [1.54, 1.807) is 4.90 Å². The van der Waals surface area contributed by atoms with Crippen LogP contribution >= 0.6 is 0 Å². The molecule has 0 aromatic heterocycles. The van der Waals surface area contributed by atoms with E-state index in [2.05, 4.69) is 0 Å². The van der Waals surface area contributed by atoms with Crippen molar-refractivity contribution in [2.24, 2.45) is 0 Å². The van der Waals surface area contributed by atoms with Crippen LogP contribution in [0.1, 0.15) is 41.5 Å². The van der Waals surface area contributed by atoms with Crippen LogP contribution < -0.4 is 0 Å². The predicted molar refractivity (Wildman–Crippen MR) is 101 cm³/mol. The summed E-state index contributed by atoms with van der Waals surface area (Å²) in [6.45, 7) is 1.81. The van der Waals surface area contributed by atoms with Gasteiger partial charge in [0.15, 0.2) is 0 Å². The third-order valence-corrected chi connectivity index (χ3v) is 5.33. The summed E-state index contributed by atoms with van der Waals surface area (Å²) >= 11 is 0. The molecule has 1 amide bonds. The molecule has 9 heteroatoms. The van der Waals surface area contributed by atoms with Gasteiger partial charge in [-0.25, -0.2) is 0 Å². The summed E-state index contributed by atoms with van der Waals surface area (Å²) in [4.78, 5) is 13.5. The van der Waals surface area contributed by atoms with Crippen molar-refractivity contribution in [2.75, 3.05) is 13.1 Å². The van der Waals surface area contributed by atoms with Crippen molar-refractivity contribution in [3.8, 4) is 0 Å². The maximum atomic E-state index is 13.1. The van der Waals surface area contributed by atoms with E-state index in [0.29, 0.717) is 31.6 Å². The highest BCUT2D eigenvalue weighted by molar-refractivity contribution is 5.73. The summed E-state index contributed by atoms with van der Waals surface area (Å²) in [5.74, 6) is -0.348. The lowest BCUT2D eigenvalue weighted by atomic mass is 9.87. The van der Waals surface area contributed by atoms with Gasteiger partial charge in [-0.3, -0.25) is 4.79 Å². The van der Waals surface area contributed by atoms with E-state index < -0.39 is 36.2 Å². The first-order valence-electron chi connectivity index (χ1n) is 9.65. The van der Waals surface area contributed by atoms with Crippen molar-refractivity contribution < 1.29 is 35.9 Å². The number of hydrogen-bond donors (Lipinski definition) is 0. The monoisotopic (exact) mass is 445 g/mol. The molecule has 2 aromatic rings. The zero-order valence-electron chi connectivity index (χ0n) is 16.6. The molecule has 1 heterocycles. The predicted octanol–water partition coefficient (Wildman–Crippen LogP) is 5.65. The molecule has 0 bridgehead atoms.